The number of hydrogen-bond acceptors (Lipinski definition) is 5. The van der Waals surface area contributed by atoms with Gasteiger partial charge in [0.25, 0.3) is 0 Å². The lowest BCUT2D eigenvalue weighted by molar-refractivity contribution is -0.119. The monoisotopic (exact) mass is 445 g/mol. The SMILES string of the molecule is CC(=O)N[C@@H]1C[C@H](COC(=O)NCc2ccc(C)cc2C2CC2)N(C(=O)OC(C)(C)C)C1. The Morgan fingerprint density at radius 1 is 1.19 bits per heavy atom. The summed E-state index contributed by atoms with van der Waals surface area (Å²) in [6.45, 7) is 9.66. The summed E-state index contributed by atoms with van der Waals surface area (Å²) in [6, 6.07) is 5.73. The molecule has 3 rings (SSSR count). The highest BCUT2D eigenvalue weighted by atomic mass is 16.6. The van der Waals surface area contributed by atoms with Gasteiger partial charge in [0.05, 0.1) is 6.04 Å². The molecule has 1 aliphatic carbocycles. The van der Waals surface area contributed by atoms with E-state index in [1.807, 2.05) is 6.07 Å². The zero-order chi connectivity index (χ0) is 23.5. The van der Waals surface area contributed by atoms with Crippen molar-refractivity contribution in [3.05, 3.63) is 34.9 Å². The van der Waals surface area contributed by atoms with Crippen LogP contribution in [0, 0.1) is 6.92 Å². The smallest absolute Gasteiger partial charge is 0.410 e. The molecule has 2 aliphatic rings. The van der Waals surface area contributed by atoms with Gasteiger partial charge in [0.15, 0.2) is 0 Å². The normalized spacial score (nSPS) is 20.6. The molecule has 0 spiro atoms. The number of carbonyl (C=O) groups excluding carboxylic acids is 3. The maximum Gasteiger partial charge on any atom is 0.410 e. The largest absolute Gasteiger partial charge is 0.447 e. The fraction of sp³-hybridized carbons (Fsp3) is 0.625. The van der Waals surface area contributed by atoms with Gasteiger partial charge in [-0.3, -0.25) is 9.69 Å². The predicted molar refractivity (Wildman–Crippen MR) is 120 cm³/mol. The fourth-order valence-corrected chi connectivity index (χ4v) is 4.05. The van der Waals surface area contributed by atoms with Crippen LogP contribution in [-0.4, -0.2) is 53.8 Å². The molecule has 176 valence electrons. The third-order valence-corrected chi connectivity index (χ3v) is 5.60. The van der Waals surface area contributed by atoms with Gasteiger partial charge in [-0.25, -0.2) is 9.59 Å². The minimum absolute atomic E-state index is 0.0323. The third-order valence-electron chi connectivity index (χ3n) is 5.60. The Hall–Kier alpha value is -2.77. The molecule has 0 aromatic heterocycles. The van der Waals surface area contributed by atoms with Crippen molar-refractivity contribution < 1.29 is 23.9 Å². The molecule has 1 aromatic rings. The molecule has 8 heteroatoms. The Balaban J connectivity index is 1.55. The molecule has 1 saturated carbocycles. The van der Waals surface area contributed by atoms with E-state index in [-0.39, 0.29) is 24.6 Å². The van der Waals surface area contributed by atoms with Crippen LogP contribution >= 0.6 is 0 Å². The molecule has 8 nitrogen and oxygen atoms in total. The van der Waals surface area contributed by atoms with E-state index in [4.69, 9.17) is 9.47 Å². The maximum absolute atomic E-state index is 12.6. The van der Waals surface area contributed by atoms with Crippen molar-refractivity contribution in [2.24, 2.45) is 0 Å². The summed E-state index contributed by atoms with van der Waals surface area (Å²) in [5.74, 6) is 0.428. The van der Waals surface area contributed by atoms with Crippen molar-refractivity contribution in [2.45, 2.75) is 84.0 Å². The molecule has 0 unspecified atom stereocenters. The quantitative estimate of drug-likeness (QED) is 0.697. The first-order chi connectivity index (χ1) is 15.0. The minimum Gasteiger partial charge on any atom is -0.447 e. The average molecular weight is 446 g/mol. The van der Waals surface area contributed by atoms with Gasteiger partial charge in [0.1, 0.15) is 12.2 Å². The highest BCUT2D eigenvalue weighted by Gasteiger charge is 2.38. The summed E-state index contributed by atoms with van der Waals surface area (Å²) in [5.41, 5.74) is 2.99. The molecule has 3 amide bonds. The first-order valence-corrected chi connectivity index (χ1v) is 11.3. The van der Waals surface area contributed by atoms with Crippen LogP contribution < -0.4 is 10.6 Å². The predicted octanol–water partition coefficient (Wildman–Crippen LogP) is 3.61. The number of carbonyl (C=O) groups is 3. The van der Waals surface area contributed by atoms with Gasteiger partial charge in [-0.05, 0) is 64.0 Å². The number of alkyl carbamates (subject to hydrolysis) is 1. The van der Waals surface area contributed by atoms with Crippen LogP contribution in [-0.2, 0) is 20.8 Å². The standard InChI is InChI=1S/C24H35N3O5/c1-15-6-7-18(21(10-15)17-8-9-17)12-25-22(29)31-14-20-11-19(26-16(2)28)13-27(20)23(30)32-24(3,4)5/h6-7,10,17,19-20H,8-9,11-14H2,1-5H3,(H,25,29)(H,26,28)/t19-,20-/m1/s1. The van der Waals surface area contributed by atoms with E-state index in [1.165, 1.54) is 35.8 Å². The highest BCUT2D eigenvalue weighted by Crippen LogP contribution is 2.42. The Morgan fingerprint density at radius 2 is 1.91 bits per heavy atom. The lowest BCUT2D eigenvalue weighted by Crippen LogP contribution is -2.43. The number of amides is 3. The second kappa shape index (κ2) is 9.79. The molecular formula is C24H35N3O5. The third kappa shape index (κ3) is 6.87. The molecule has 1 aliphatic heterocycles. The van der Waals surface area contributed by atoms with Gasteiger partial charge in [-0.15, -0.1) is 0 Å². The second-order valence-electron chi connectivity index (χ2n) is 9.85. The molecular weight excluding hydrogens is 410 g/mol. The highest BCUT2D eigenvalue weighted by molar-refractivity contribution is 5.74. The van der Waals surface area contributed by atoms with Crippen molar-refractivity contribution in [1.82, 2.24) is 15.5 Å². The Bertz CT molecular complexity index is 860. The zero-order valence-corrected chi connectivity index (χ0v) is 19.7. The van der Waals surface area contributed by atoms with E-state index in [0.717, 1.165) is 5.56 Å². The van der Waals surface area contributed by atoms with Crippen LogP contribution in [0.25, 0.3) is 0 Å². The molecule has 32 heavy (non-hydrogen) atoms. The summed E-state index contributed by atoms with van der Waals surface area (Å²) in [5, 5.41) is 5.66. The number of rotatable bonds is 6. The van der Waals surface area contributed by atoms with Crippen molar-refractivity contribution in [2.75, 3.05) is 13.2 Å². The minimum atomic E-state index is -0.640. The summed E-state index contributed by atoms with van der Waals surface area (Å²) in [6.07, 6.45) is 1.88. The van der Waals surface area contributed by atoms with Crippen LogP contribution in [0.5, 0.6) is 0 Å². The van der Waals surface area contributed by atoms with E-state index in [1.54, 1.807) is 20.8 Å². The maximum atomic E-state index is 12.6. The van der Waals surface area contributed by atoms with Gasteiger partial charge in [-0.1, -0.05) is 23.8 Å². The van der Waals surface area contributed by atoms with Gasteiger partial charge in [-0.2, -0.15) is 0 Å². The van der Waals surface area contributed by atoms with Gasteiger partial charge >= 0.3 is 12.2 Å². The van der Waals surface area contributed by atoms with Gasteiger partial charge in [0.2, 0.25) is 5.91 Å². The molecule has 1 heterocycles. The van der Waals surface area contributed by atoms with Crippen LogP contribution in [0.1, 0.15) is 69.6 Å². The Morgan fingerprint density at radius 3 is 2.53 bits per heavy atom. The van der Waals surface area contributed by atoms with Crippen molar-refractivity contribution in [1.29, 1.82) is 0 Å². The number of ether oxygens (including phenoxy) is 2. The summed E-state index contributed by atoms with van der Waals surface area (Å²) < 4.78 is 10.9. The van der Waals surface area contributed by atoms with Crippen LogP contribution in [0.4, 0.5) is 9.59 Å². The lowest BCUT2D eigenvalue weighted by atomic mass is 10.0. The molecule has 0 radical (unpaired) electrons. The lowest BCUT2D eigenvalue weighted by Gasteiger charge is -2.28. The van der Waals surface area contributed by atoms with Gasteiger partial charge in [0, 0.05) is 26.1 Å². The van der Waals surface area contributed by atoms with Crippen LogP contribution in [0.15, 0.2) is 18.2 Å². The Kier molecular flexibility index (Phi) is 7.31. The van der Waals surface area contributed by atoms with Crippen molar-refractivity contribution in [3.63, 3.8) is 0 Å². The molecule has 1 saturated heterocycles. The second-order valence-corrected chi connectivity index (χ2v) is 9.85. The van der Waals surface area contributed by atoms with Gasteiger partial charge < -0.3 is 20.1 Å². The Labute approximate surface area is 190 Å². The van der Waals surface area contributed by atoms with E-state index in [0.29, 0.717) is 25.4 Å². The average Bonchev–Trinajstić information content (AvgIpc) is 3.44. The molecule has 2 fully saturated rings. The van der Waals surface area contributed by atoms with Crippen LogP contribution in [0.2, 0.25) is 0 Å². The van der Waals surface area contributed by atoms with Crippen molar-refractivity contribution >= 4 is 18.1 Å². The first kappa shape index (κ1) is 23.9. The van der Waals surface area contributed by atoms with E-state index < -0.39 is 17.8 Å². The molecule has 2 N–H and O–H groups in total. The number of benzene rings is 1. The zero-order valence-electron chi connectivity index (χ0n) is 19.7. The summed E-state index contributed by atoms with van der Waals surface area (Å²) >= 11 is 0. The van der Waals surface area contributed by atoms with E-state index in [2.05, 4.69) is 29.7 Å². The topological polar surface area (TPSA) is 97.0 Å². The number of nitrogens with zero attached hydrogens (tertiary/aromatic N) is 1. The molecule has 0 bridgehead atoms. The van der Waals surface area contributed by atoms with E-state index in [9.17, 15) is 14.4 Å². The van der Waals surface area contributed by atoms with Crippen LogP contribution in [0.3, 0.4) is 0 Å². The van der Waals surface area contributed by atoms with Crippen molar-refractivity contribution in [3.8, 4) is 0 Å². The number of aryl methyl sites for hydroxylation is 1. The van der Waals surface area contributed by atoms with E-state index >= 15 is 0 Å². The number of nitrogens with one attached hydrogen (secondary N) is 2. The molecule has 1 aromatic carbocycles. The number of hydrogen-bond donors (Lipinski definition) is 2. The first-order valence-electron chi connectivity index (χ1n) is 11.3. The number of likely N-dealkylation sites (tertiary alicyclic amines) is 1. The summed E-state index contributed by atoms with van der Waals surface area (Å²) in [4.78, 5) is 38.0. The fourth-order valence-electron chi connectivity index (χ4n) is 4.05. The summed E-state index contributed by atoms with van der Waals surface area (Å²) in [7, 11) is 0. The molecule has 2 atom stereocenters.